The Morgan fingerprint density at radius 1 is 0.964 bits per heavy atom. The van der Waals surface area contributed by atoms with Gasteiger partial charge in [-0.25, -0.2) is 0 Å². The van der Waals surface area contributed by atoms with Gasteiger partial charge in [0.05, 0.1) is 0 Å². The van der Waals surface area contributed by atoms with Crippen molar-refractivity contribution in [3.63, 3.8) is 0 Å². The molecule has 0 saturated carbocycles. The van der Waals surface area contributed by atoms with Gasteiger partial charge in [-0.1, -0.05) is 0 Å². The van der Waals surface area contributed by atoms with Crippen LogP contribution in [0.2, 0.25) is 9.26 Å². The van der Waals surface area contributed by atoms with Gasteiger partial charge in [0, 0.05) is 0 Å². The van der Waals surface area contributed by atoms with E-state index in [9.17, 15) is 5.11 Å². The van der Waals surface area contributed by atoms with Crippen LogP contribution in [0, 0.1) is 0 Å². The molecule has 0 spiro atoms. The number of allylic oxidation sites excluding steroid dienone is 4. The molecule has 0 fully saturated rings. The molecule has 28 heavy (non-hydrogen) atoms. The van der Waals surface area contributed by atoms with Gasteiger partial charge in [-0.3, -0.25) is 0 Å². The minimum atomic E-state index is -3.27. The number of aliphatic hydroxyl groups excluding tert-OH is 1. The summed E-state index contributed by atoms with van der Waals surface area (Å²) in [7, 11) is 0. The monoisotopic (exact) mass is 510 g/mol. The Balaban J connectivity index is 0.00000140. The molecule has 150 valence electrons. The van der Waals surface area contributed by atoms with Crippen LogP contribution in [0.15, 0.2) is 69.5 Å². The van der Waals surface area contributed by atoms with E-state index in [1.54, 1.807) is 14.4 Å². The fourth-order valence-corrected chi connectivity index (χ4v) is 22.1. The van der Waals surface area contributed by atoms with Crippen LogP contribution in [-0.4, -0.2) is 18.6 Å². The Labute approximate surface area is 183 Å². The van der Waals surface area contributed by atoms with Crippen LogP contribution >= 0.6 is 24.8 Å². The molecule has 0 unspecified atom stereocenters. The van der Waals surface area contributed by atoms with Crippen molar-refractivity contribution in [1.29, 1.82) is 0 Å². The second kappa shape index (κ2) is 8.74. The molecule has 4 rings (SSSR count). The van der Waals surface area contributed by atoms with Crippen LogP contribution < -0.4 is 0 Å². The summed E-state index contributed by atoms with van der Waals surface area (Å²) in [5.41, 5.74) is 7.48. The van der Waals surface area contributed by atoms with E-state index in [-0.39, 0.29) is 31.4 Å². The van der Waals surface area contributed by atoms with Gasteiger partial charge in [-0.15, -0.1) is 24.8 Å². The van der Waals surface area contributed by atoms with Crippen molar-refractivity contribution in [2.75, 3.05) is 6.61 Å². The van der Waals surface area contributed by atoms with Crippen molar-refractivity contribution in [1.82, 2.24) is 0 Å². The molecule has 0 amide bonds. The summed E-state index contributed by atoms with van der Waals surface area (Å²) in [6.45, 7) is 2.64. The van der Waals surface area contributed by atoms with Gasteiger partial charge in [0.25, 0.3) is 0 Å². The van der Waals surface area contributed by atoms with E-state index in [0.29, 0.717) is 3.63 Å². The Morgan fingerprint density at radius 2 is 1.50 bits per heavy atom. The standard InChI is InChI=1S/C13H9.C8H11O.2CH3.2ClH.H2Si.Zr/c1-3-7-12-10(5-1)9-11-6-2-4-8-13(11)12;9-7-3-6-8-4-1-2-5-8;;;;;;/h1-9H;1,4,9H,2-3,6-7H2;2*1H3;2*1H;1H2;. The Kier molecular flexibility index (Phi) is 7.44. The average Bonchev–Trinajstić information content (AvgIpc) is 3.23. The maximum absolute atomic E-state index is 9.32. The summed E-state index contributed by atoms with van der Waals surface area (Å²) in [6, 6.07) is 18.1. The molecule has 2 aromatic rings. The summed E-state index contributed by atoms with van der Waals surface area (Å²) >= 11 is -3.27. The van der Waals surface area contributed by atoms with Gasteiger partial charge in [0.2, 0.25) is 0 Å². The van der Waals surface area contributed by atoms with Gasteiger partial charge in [-0.05, 0) is 0 Å². The number of hydrogen-bond acceptors (Lipinski definition) is 1. The van der Waals surface area contributed by atoms with E-state index in [1.165, 1.54) is 16.7 Å². The van der Waals surface area contributed by atoms with Crippen LogP contribution in [0.4, 0.5) is 0 Å². The van der Waals surface area contributed by atoms with E-state index in [4.69, 9.17) is 0 Å². The molecule has 0 saturated heterocycles. The zero-order valence-corrected chi connectivity index (χ0v) is 22.2. The molecule has 1 nitrogen and oxygen atoms in total. The molecule has 5 heteroatoms. The van der Waals surface area contributed by atoms with Gasteiger partial charge in [0.15, 0.2) is 0 Å². The molecule has 0 radical (unpaired) electrons. The number of hydrogen-bond donors (Lipinski definition) is 1. The third kappa shape index (κ3) is 3.82. The second-order valence-electron chi connectivity index (χ2n) is 8.85. The van der Waals surface area contributed by atoms with Gasteiger partial charge in [-0.2, -0.15) is 0 Å². The zero-order valence-electron chi connectivity index (χ0n) is 16.7. The van der Waals surface area contributed by atoms with E-state index < -0.39 is 17.4 Å². The number of benzene rings is 2. The predicted molar refractivity (Wildman–Crippen MR) is 126 cm³/mol. The molecule has 2 aliphatic rings. The van der Waals surface area contributed by atoms with Crippen molar-refractivity contribution in [3.05, 3.63) is 80.7 Å². The molecule has 0 bridgehead atoms. The molecular formula is C23H30Cl2OSiZr. The summed E-state index contributed by atoms with van der Waals surface area (Å²) in [5, 5.41) is 9.32. The Morgan fingerprint density at radius 3 is 2.04 bits per heavy atom. The van der Waals surface area contributed by atoms with Gasteiger partial charge in [0.1, 0.15) is 0 Å². The third-order valence-corrected chi connectivity index (χ3v) is 23.6. The second-order valence-corrected chi connectivity index (χ2v) is 38.4. The zero-order chi connectivity index (χ0) is 18.4. The number of halogens is 2. The first-order valence-corrected chi connectivity index (χ1v) is 23.2. The van der Waals surface area contributed by atoms with E-state index in [0.717, 1.165) is 19.3 Å². The SMILES string of the molecule is Cl.Cl.[CH3][Zr]([CH3])(=[SiH2])([C]1=C(CCCO)C=CC1)[CH]1c2ccccc2-c2ccccc21. The molecule has 0 atom stereocenters. The molecule has 2 aliphatic carbocycles. The molecule has 2 aromatic carbocycles. The van der Waals surface area contributed by atoms with Crippen LogP contribution in [0.3, 0.4) is 0 Å². The first-order valence-electron chi connectivity index (χ1n) is 9.68. The molecule has 1 N–H and O–H groups in total. The minimum absolute atomic E-state index is 0. The summed E-state index contributed by atoms with van der Waals surface area (Å²) in [5.74, 6) is 0. The molecular weight excluding hydrogens is 482 g/mol. The van der Waals surface area contributed by atoms with E-state index >= 15 is 0 Å². The Hall–Kier alpha value is -0.440. The third-order valence-electron chi connectivity index (χ3n) is 6.38. The fraction of sp³-hybridized carbons (Fsp3) is 0.304. The van der Waals surface area contributed by atoms with Crippen LogP contribution in [0.1, 0.15) is 34.0 Å². The summed E-state index contributed by atoms with van der Waals surface area (Å²) in [4.78, 5) is 0. The number of aliphatic hydroxyl groups is 1. The number of rotatable bonds is 5. The molecule has 0 aromatic heterocycles. The van der Waals surface area contributed by atoms with E-state index in [1.807, 2.05) is 0 Å². The number of fused-ring (bicyclic) bond motifs is 3. The maximum atomic E-state index is 9.32. The van der Waals surface area contributed by atoms with Crippen LogP contribution in [0.5, 0.6) is 0 Å². The first kappa shape index (κ1) is 23.8. The van der Waals surface area contributed by atoms with Crippen molar-refractivity contribution < 1.29 is 22.5 Å². The average molecular weight is 513 g/mol. The fourth-order valence-electron chi connectivity index (χ4n) is 5.24. The quantitative estimate of drug-likeness (QED) is 0.493. The van der Waals surface area contributed by atoms with Crippen LogP contribution in [0.25, 0.3) is 11.1 Å². The van der Waals surface area contributed by atoms with Crippen molar-refractivity contribution >= 4 is 31.7 Å². The Bertz CT molecular complexity index is 958. The normalized spacial score (nSPS) is 15.7. The van der Waals surface area contributed by atoms with E-state index in [2.05, 4.69) is 76.8 Å². The van der Waals surface area contributed by atoms with Crippen molar-refractivity contribution in [3.8, 4) is 11.1 Å². The van der Waals surface area contributed by atoms with Gasteiger partial charge >= 0.3 is 160 Å². The van der Waals surface area contributed by atoms with Gasteiger partial charge < -0.3 is 0 Å². The summed E-state index contributed by atoms with van der Waals surface area (Å²) < 4.78 is 7.59. The first-order chi connectivity index (χ1) is 12.4. The topological polar surface area (TPSA) is 20.2 Å². The predicted octanol–water partition coefficient (Wildman–Crippen LogP) is 5.92. The molecule has 0 heterocycles. The van der Waals surface area contributed by atoms with Crippen molar-refractivity contribution in [2.24, 2.45) is 0 Å². The van der Waals surface area contributed by atoms with Crippen molar-refractivity contribution in [2.45, 2.75) is 32.2 Å². The summed E-state index contributed by atoms with van der Waals surface area (Å²) in [6.07, 6.45) is 7.69. The van der Waals surface area contributed by atoms with Crippen LogP contribution in [-0.2, 0) is 17.4 Å². The molecule has 0 aliphatic heterocycles.